The highest BCUT2D eigenvalue weighted by Gasteiger charge is 2.77. The van der Waals surface area contributed by atoms with Gasteiger partial charge in [-0.25, -0.2) is 4.90 Å². The van der Waals surface area contributed by atoms with Crippen molar-refractivity contribution in [2.75, 3.05) is 4.90 Å². The van der Waals surface area contributed by atoms with Crippen LogP contribution in [0.15, 0.2) is 72.8 Å². The Balaban J connectivity index is 1.66. The molecule has 2 amide bonds. The Bertz CT molecular complexity index is 1100. The molecule has 0 bridgehead atoms. The van der Waals surface area contributed by atoms with Crippen LogP contribution in [0.5, 0.6) is 0 Å². The largest absolute Gasteiger partial charge is 0.274 e. The molecule has 3 heteroatoms. The lowest BCUT2D eigenvalue weighted by molar-refractivity contribution is -0.123. The molecule has 0 N–H and O–H groups in total. The van der Waals surface area contributed by atoms with Gasteiger partial charge in [-0.3, -0.25) is 9.59 Å². The maximum atomic E-state index is 14.0. The highest BCUT2D eigenvalue weighted by atomic mass is 16.2. The highest BCUT2D eigenvalue weighted by molar-refractivity contribution is 6.25. The average molecular weight is 396 g/mol. The number of carbonyl (C=O) groups excluding carboxylic acids is 2. The molecule has 1 aliphatic heterocycles. The quantitative estimate of drug-likeness (QED) is 0.568. The van der Waals surface area contributed by atoms with Crippen LogP contribution in [-0.4, -0.2) is 11.8 Å². The van der Waals surface area contributed by atoms with E-state index >= 15 is 0 Å². The fraction of sp³-hybridized carbons (Fsp3) is 0.259. The maximum absolute atomic E-state index is 14.0. The maximum Gasteiger partial charge on any atom is 0.241 e. The molecule has 1 heterocycles. The highest BCUT2D eigenvalue weighted by Crippen LogP contribution is 2.72. The minimum Gasteiger partial charge on any atom is -0.274 e. The first-order valence-electron chi connectivity index (χ1n) is 10.5. The van der Waals surface area contributed by atoms with Gasteiger partial charge >= 0.3 is 0 Å². The number of benzene rings is 3. The number of imide groups is 1. The molecule has 1 saturated carbocycles. The van der Waals surface area contributed by atoms with Crippen LogP contribution >= 0.6 is 0 Å². The Labute approximate surface area is 177 Å². The molecule has 1 unspecified atom stereocenters. The molecule has 3 nitrogen and oxygen atoms in total. The second-order valence-corrected chi connectivity index (χ2v) is 8.85. The van der Waals surface area contributed by atoms with Gasteiger partial charge in [0.15, 0.2) is 0 Å². The molecule has 30 heavy (non-hydrogen) atoms. The van der Waals surface area contributed by atoms with Crippen LogP contribution in [0.1, 0.15) is 40.7 Å². The van der Waals surface area contributed by atoms with E-state index in [2.05, 4.69) is 24.3 Å². The van der Waals surface area contributed by atoms with E-state index in [1.165, 1.54) is 4.90 Å². The molecule has 3 aromatic carbocycles. The van der Waals surface area contributed by atoms with Crippen molar-refractivity contribution in [1.82, 2.24) is 0 Å². The number of nitrogens with zero attached hydrogens (tertiary/aromatic N) is 1. The number of hydrogen-bond acceptors (Lipinski definition) is 2. The van der Waals surface area contributed by atoms with E-state index in [1.807, 2.05) is 69.3 Å². The topological polar surface area (TPSA) is 37.4 Å². The van der Waals surface area contributed by atoms with Crippen molar-refractivity contribution >= 4 is 17.5 Å². The smallest absolute Gasteiger partial charge is 0.241 e. The minimum absolute atomic E-state index is 0.0599. The Morgan fingerprint density at radius 3 is 1.77 bits per heavy atom. The minimum atomic E-state index is -0.712. The van der Waals surface area contributed by atoms with Crippen molar-refractivity contribution < 1.29 is 9.59 Å². The van der Waals surface area contributed by atoms with Crippen molar-refractivity contribution in [1.29, 1.82) is 0 Å². The van der Waals surface area contributed by atoms with Crippen LogP contribution in [-0.2, 0) is 15.0 Å². The summed E-state index contributed by atoms with van der Waals surface area (Å²) < 4.78 is 0. The van der Waals surface area contributed by atoms with E-state index in [0.717, 1.165) is 33.5 Å². The average Bonchev–Trinajstić information content (AvgIpc) is 3.35. The van der Waals surface area contributed by atoms with Crippen LogP contribution in [0.25, 0.3) is 0 Å². The van der Waals surface area contributed by atoms with Crippen molar-refractivity contribution in [3.8, 4) is 0 Å². The van der Waals surface area contributed by atoms with Gasteiger partial charge < -0.3 is 0 Å². The SMILES string of the molecule is Cc1cc(C)c(N2C(=O)CC3(CC3(c3ccccc3)c3ccccc3)C2=O)c(C)c1. The molecule has 0 aromatic heterocycles. The molecule has 2 fully saturated rings. The van der Waals surface area contributed by atoms with E-state index < -0.39 is 10.8 Å². The number of aryl methyl sites for hydroxylation is 3. The first kappa shape index (κ1) is 18.8. The van der Waals surface area contributed by atoms with Crippen molar-refractivity contribution in [3.05, 3.63) is 101 Å². The van der Waals surface area contributed by atoms with Crippen LogP contribution in [0.2, 0.25) is 0 Å². The van der Waals surface area contributed by atoms with E-state index in [4.69, 9.17) is 0 Å². The monoisotopic (exact) mass is 395 g/mol. The van der Waals surface area contributed by atoms with Gasteiger partial charge in [0.05, 0.1) is 11.1 Å². The van der Waals surface area contributed by atoms with Crippen molar-refractivity contribution in [2.24, 2.45) is 5.41 Å². The molecule has 1 atom stereocenters. The summed E-state index contributed by atoms with van der Waals surface area (Å²) >= 11 is 0. The van der Waals surface area contributed by atoms with E-state index in [9.17, 15) is 9.59 Å². The molecule has 5 rings (SSSR count). The summed E-state index contributed by atoms with van der Waals surface area (Å²) in [5.41, 5.74) is 4.88. The Morgan fingerprint density at radius 1 is 0.767 bits per heavy atom. The zero-order valence-corrected chi connectivity index (χ0v) is 17.6. The van der Waals surface area contributed by atoms with Crippen LogP contribution in [0.4, 0.5) is 5.69 Å². The molecule has 0 radical (unpaired) electrons. The second kappa shape index (κ2) is 6.40. The second-order valence-electron chi connectivity index (χ2n) is 8.85. The summed E-state index contributed by atoms with van der Waals surface area (Å²) in [6, 6.07) is 24.5. The summed E-state index contributed by atoms with van der Waals surface area (Å²) in [4.78, 5) is 28.7. The molecule has 1 saturated heterocycles. The normalized spacial score (nSPS) is 22.0. The van der Waals surface area contributed by atoms with Gasteiger partial charge in [0.1, 0.15) is 0 Å². The number of carbonyl (C=O) groups is 2. The Kier molecular flexibility index (Phi) is 4.01. The van der Waals surface area contributed by atoms with Crippen LogP contribution in [0.3, 0.4) is 0 Å². The van der Waals surface area contributed by atoms with Gasteiger partial charge in [-0.1, -0.05) is 78.4 Å². The van der Waals surface area contributed by atoms with Crippen molar-refractivity contribution in [3.63, 3.8) is 0 Å². The van der Waals surface area contributed by atoms with Gasteiger partial charge in [0.2, 0.25) is 11.8 Å². The fourth-order valence-corrected chi connectivity index (χ4v) is 5.74. The van der Waals surface area contributed by atoms with E-state index in [0.29, 0.717) is 6.42 Å². The summed E-state index contributed by atoms with van der Waals surface area (Å²) in [5.74, 6) is -0.154. The summed E-state index contributed by atoms with van der Waals surface area (Å²) in [7, 11) is 0. The Morgan fingerprint density at radius 2 is 1.27 bits per heavy atom. The predicted octanol–water partition coefficient (Wildman–Crippen LogP) is 5.25. The zero-order valence-electron chi connectivity index (χ0n) is 17.6. The third-order valence-electron chi connectivity index (χ3n) is 6.97. The standard InChI is InChI=1S/C27H25NO2/c1-18-14-19(2)24(20(3)15-18)28-23(29)16-26(25(28)30)17-27(26,21-10-6-4-7-11-21)22-12-8-5-9-13-22/h4-15H,16-17H2,1-3H3. The molecule has 150 valence electrons. The fourth-order valence-electron chi connectivity index (χ4n) is 5.74. The van der Waals surface area contributed by atoms with E-state index in [-0.39, 0.29) is 18.2 Å². The molecule has 3 aromatic rings. The molecular weight excluding hydrogens is 370 g/mol. The first-order valence-corrected chi connectivity index (χ1v) is 10.5. The molecule has 1 spiro atoms. The third kappa shape index (κ3) is 2.38. The van der Waals surface area contributed by atoms with E-state index in [1.54, 1.807) is 0 Å². The summed E-state index contributed by atoms with van der Waals surface area (Å²) in [6.07, 6.45) is 0.918. The number of rotatable bonds is 3. The molecule has 1 aliphatic carbocycles. The molecular formula is C27H25NO2. The van der Waals surface area contributed by atoms with Crippen LogP contribution < -0.4 is 4.90 Å². The number of anilines is 1. The lowest BCUT2D eigenvalue weighted by Crippen LogP contribution is -2.34. The third-order valence-corrected chi connectivity index (χ3v) is 6.97. The van der Waals surface area contributed by atoms with Gasteiger partial charge in [-0.15, -0.1) is 0 Å². The predicted molar refractivity (Wildman–Crippen MR) is 118 cm³/mol. The summed E-state index contributed by atoms with van der Waals surface area (Å²) in [5, 5.41) is 0. The van der Waals surface area contributed by atoms with Gasteiger partial charge in [-0.05, 0) is 49.4 Å². The van der Waals surface area contributed by atoms with Crippen LogP contribution in [0, 0.1) is 26.2 Å². The number of hydrogen-bond donors (Lipinski definition) is 0. The molecule has 2 aliphatic rings. The lowest BCUT2D eigenvalue weighted by atomic mass is 9.79. The van der Waals surface area contributed by atoms with Gasteiger partial charge in [-0.2, -0.15) is 0 Å². The zero-order chi connectivity index (χ0) is 21.1. The number of amides is 2. The van der Waals surface area contributed by atoms with Gasteiger partial charge in [0, 0.05) is 11.8 Å². The van der Waals surface area contributed by atoms with Gasteiger partial charge in [0.25, 0.3) is 0 Å². The van der Waals surface area contributed by atoms with Crippen molar-refractivity contribution in [2.45, 2.75) is 39.0 Å². The first-order chi connectivity index (χ1) is 14.4. The summed E-state index contributed by atoms with van der Waals surface area (Å²) in [6.45, 7) is 6.00. The lowest BCUT2D eigenvalue weighted by Gasteiger charge is -2.24. The Hall–Kier alpha value is -3.20.